The number of fused-ring (bicyclic) bond motifs is 2. The quantitative estimate of drug-likeness (QED) is 0.487. The maximum atomic E-state index is 13.4. The predicted octanol–water partition coefficient (Wildman–Crippen LogP) is 1.21. The molecular weight excluding hydrogens is 538 g/mol. The fraction of sp³-hybridized carbons (Fsp3) is 0.484. The Bertz CT molecular complexity index is 1300. The molecule has 11 nitrogen and oxygen atoms in total. The fourth-order valence-electron chi connectivity index (χ4n) is 5.67. The van der Waals surface area contributed by atoms with Gasteiger partial charge in [-0.1, -0.05) is 36.4 Å². The number of morpholine rings is 1. The molecule has 42 heavy (non-hydrogen) atoms. The van der Waals surface area contributed by atoms with Crippen LogP contribution in [0, 0.1) is 0 Å². The molecule has 3 aliphatic heterocycles. The van der Waals surface area contributed by atoms with Gasteiger partial charge in [0.25, 0.3) is 5.91 Å². The van der Waals surface area contributed by atoms with Crippen LogP contribution in [0.2, 0.25) is 0 Å². The van der Waals surface area contributed by atoms with Crippen LogP contribution in [0.5, 0.6) is 5.75 Å². The topological polar surface area (TPSA) is 129 Å². The molecule has 0 spiro atoms. The summed E-state index contributed by atoms with van der Waals surface area (Å²) in [5.41, 5.74) is 2.29. The molecule has 0 radical (unpaired) electrons. The first kappa shape index (κ1) is 29.5. The van der Waals surface area contributed by atoms with E-state index in [1.807, 2.05) is 18.2 Å². The molecule has 0 unspecified atom stereocenters. The summed E-state index contributed by atoms with van der Waals surface area (Å²) in [7, 11) is 0. The third-order valence-corrected chi connectivity index (χ3v) is 7.95. The van der Waals surface area contributed by atoms with Gasteiger partial charge in [-0.2, -0.15) is 0 Å². The molecule has 224 valence electrons. The van der Waals surface area contributed by atoms with Crippen molar-refractivity contribution < 1.29 is 28.7 Å². The Balaban J connectivity index is 1.30. The van der Waals surface area contributed by atoms with Crippen molar-refractivity contribution in [3.8, 4) is 5.75 Å². The number of ether oxygens (including phenoxy) is 2. The van der Waals surface area contributed by atoms with Gasteiger partial charge in [-0.25, -0.2) is 0 Å². The highest BCUT2D eigenvalue weighted by atomic mass is 16.5. The van der Waals surface area contributed by atoms with Crippen LogP contribution in [0.15, 0.2) is 48.5 Å². The van der Waals surface area contributed by atoms with Gasteiger partial charge in [0.05, 0.1) is 31.2 Å². The summed E-state index contributed by atoms with van der Waals surface area (Å²) in [6.07, 6.45) is 1.29. The predicted molar refractivity (Wildman–Crippen MR) is 155 cm³/mol. The van der Waals surface area contributed by atoms with Gasteiger partial charge in [0.1, 0.15) is 24.4 Å². The molecule has 2 aromatic carbocycles. The van der Waals surface area contributed by atoms with Gasteiger partial charge in [0.15, 0.2) is 0 Å². The molecule has 3 heterocycles. The van der Waals surface area contributed by atoms with Crippen LogP contribution in [0.3, 0.4) is 0 Å². The van der Waals surface area contributed by atoms with Crippen LogP contribution in [-0.2, 0) is 32.2 Å². The Hall–Kier alpha value is -3.96. The summed E-state index contributed by atoms with van der Waals surface area (Å²) in [5, 5.41) is 8.32. The van der Waals surface area contributed by atoms with Gasteiger partial charge in [-0.15, -0.1) is 0 Å². The maximum Gasteiger partial charge on any atom is 0.255 e. The Labute approximate surface area is 245 Å². The number of carbonyl (C=O) groups excluding carboxylic acids is 4. The molecule has 2 fully saturated rings. The van der Waals surface area contributed by atoms with Gasteiger partial charge in [-0.3, -0.25) is 24.1 Å². The van der Waals surface area contributed by atoms with Gasteiger partial charge < -0.3 is 30.3 Å². The minimum Gasteiger partial charge on any atom is -0.491 e. The molecule has 3 N–H and O–H groups in total. The Morgan fingerprint density at radius 2 is 1.79 bits per heavy atom. The van der Waals surface area contributed by atoms with Gasteiger partial charge >= 0.3 is 0 Å². The van der Waals surface area contributed by atoms with Crippen molar-refractivity contribution in [3.05, 3.63) is 65.2 Å². The van der Waals surface area contributed by atoms with Gasteiger partial charge in [0.2, 0.25) is 17.7 Å². The van der Waals surface area contributed by atoms with E-state index in [9.17, 15) is 19.2 Å². The molecule has 5 rings (SSSR count). The third-order valence-electron chi connectivity index (χ3n) is 7.95. The number of hydrogen-bond acceptors (Lipinski definition) is 7. The molecular formula is C31H39N5O6. The summed E-state index contributed by atoms with van der Waals surface area (Å²) in [6.45, 7) is 6.66. The monoisotopic (exact) mass is 577 g/mol. The van der Waals surface area contributed by atoms with Crippen molar-refractivity contribution in [1.82, 2.24) is 25.8 Å². The molecule has 4 amide bonds. The second-order valence-corrected chi connectivity index (χ2v) is 11.1. The van der Waals surface area contributed by atoms with Crippen LogP contribution in [0.25, 0.3) is 0 Å². The number of benzene rings is 2. The second-order valence-electron chi connectivity index (χ2n) is 11.1. The van der Waals surface area contributed by atoms with E-state index in [4.69, 9.17) is 9.47 Å². The van der Waals surface area contributed by atoms with Crippen LogP contribution in [0.1, 0.15) is 47.7 Å². The lowest BCUT2D eigenvalue weighted by Crippen LogP contribution is -2.53. The summed E-state index contributed by atoms with van der Waals surface area (Å²) >= 11 is 0. The standard InChI is InChI=1S/C31H39N5O6/c1-21-31(40)36-11-5-8-24(36)20-42-27-10-3-2-9-25(27)29(38)34-26(17-28(37)33-21)30(39)32-18-22-6-4-7-23(16-22)19-35-12-14-41-15-13-35/h2-4,6-7,9-10,16,21,24,26H,5,8,11-15,17-20H2,1H3,(H,32,39)(H,33,37)(H,34,38)/t21-,24+,26-/m0/s1. The molecule has 2 saturated heterocycles. The van der Waals surface area contributed by atoms with Gasteiger partial charge in [-0.05, 0) is 43.0 Å². The SMILES string of the molecule is C[C@@H]1NC(=O)C[C@@H](C(=O)NCc2cccc(CN3CCOCC3)c2)NC(=O)c2ccccc2OC[C@H]2CCCN2C1=O. The van der Waals surface area contributed by atoms with Crippen molar-refractivity contribution in [2.24, 2.45) is 0 Å². The number of carbonyl (C=O) groups is 4. The van der Waals surface area contributed by atoms with E-state index < -0.39 is 29.8 Å². The lowest BCUT2D eigenvalue weighted by molar-refractivity contribution is -0.137. The van der Waals surface area contributed by atoms with Crippen molar-refractivity contribution in [1.29, 1.82) is 0 Å². The zero-order valence-corrected chi connectivity index (χ0v) is 24.0. The fourth-order valence-corrected chi connectivity index (χ4v) is 5.67. The second kappa shape index (κ2) is 13.8. The first-order valence-corrected chi connectivity index (χ1v) is 14.7. The van der Waals surface area contributed by atoms with E-state index in [0.29, 0.717) is 12.3 Å². The molecule has 3 atom stereocenters. The van der Waals surface area contributed by atoms with Crippen molar-refractivity contribution in [2.75, 3.05) is 39.5 Å². The number of nitrogens with one attached hydrogen (secondary N) is 3. The molecule has 0 aromatic heterocycles. The number of nitrogens with zero attached hydrogens (tertiary/aromatic N) is 2. The van der Waals surface area contributed by atoms with Crippen molar-refractivity contribution in [2.45, 2.75) is 57.4 Å². The third kappa shape index (κ3) is 7.46. The highest BCUT2D eigenvalue weighted by Gasteiger charge is 2.34. The number of para-hydroxylation sites is 1. The van der Waals surface area contributed by atoms with Crippen LogP contribution in [-0.4, -0.2) is 91.0 Å². The van der Waals surface area contributed by atoms with E-state index in [1.54, 1.807) is 36.1 Å². The first-order chi connectivity index (χ1) is 20.4. The molecule has 3 aliphatic rings. The smallest absolute Gasteiger partial charge is 0.255 e. The zero-order chi connectivity index (χ0) is 29.5. The van der Waals surface area contributed by atoms with Gasteiger partial charge in [0, 0.05) is 32.7 Å². The summed E-state index contributed by atoms with van der Waals surface area (Å²) in [6, 6.07) is 12.7. The van der Waals surface area contributed by atoms with Crippen LogP contribution < -0.4 is 20.7 Å². The highest BCUT2D eigenvalue weighted by Crippen LogP contribution is 2.23. The lowest BCUT2D eigenvalue weighted by atomic mass is 10.1. The van der Waals surface area contributed by atoms with E-state index in [-0.39, 0.29) is 37.1 Å². The van der Waals surface area contributed by atoms with Crippen molar-refractivity contribution in [3.63, 3.8) is 0 Å². The number of hydrogen-bond donors (Lipinski definition) is 3. The van der Waals surface area contributed by atoms with E-state index >= 15 is 0 Å². The van der Waals surface area contributed by atoms with E-state index in [0.717, 1.165) is 56.8 Å². The maximum absolute atomic E-state index is 13.4. The molecule has 0 aliphatic carbocycles. The van der Waals surface area contributed by atoms with E-state index in [1.165, 1.54) is 0 Å². The zero-order valence-electron chi connectivity index (χ0n) is 24.0. The normalized spacial score (nSPS) is 24.0. The first-order valence-electron chi connectivity index (χ1n) is 14.7. The summed E-state index contributed by atoms with van der Waals surface area (Å²) in [4.78, 5) is 57.0. The minimum atomic E-state index is -1.16. The molecule has 0 saturated carbocycles. The number of rotatable bonds is 5. The van der Waals surface area contributed by atoms with Crippen LogP contribution >= 0.6 is 0 Å². The minimum absolute atomic E-state index is 0.151. The van der Waals surface area contributed by atoms with E-state index in [2.05, 4.69) is 26.9 Å². The number of amides is 4. The molecule has 2 aromatic rings. The van der Waals surface area contributed by atoms with Crippen molar-refractivity contribution >= 4 is 23.6 Å². The highest BCUT2D eigenvalue weighted by molar-refractivity contribution is 6.01. The Kier molecular flexibility index (Phi) is 9.70. The van der Waals surface area contributed by atoms with Crippen LogP contribution in [0.4, 0.5) is 0 Å². The Morgan fingerprint density at radius 3 is 2.62 bits per heavy atom. The molecule has 0 bridgehead atoms. The Morgan fingerprint density at radius 1 is 1.00 bits per heavy atom. The average molecular weight is 578 g/mol. The molecule has 11 heteroatoms. The summed E-state index contributed by atoms with van der Waals surface area (Å²) < 4.78 is 11.5. The summed E-state index contributed by atoms with van der Waals surface area (Å²) in [5.74, 6) is -1.35. The lowest BCUT2D eigenvalue weighted by Gasteiger charge is -2.29. The average Bonchev–Trinajstić information content (AvgIpc) is 3.47. The largest absolute Gasteiger partial charge is 0.491 e.